The third kappa shape index (κ3) is 2.78. The Morgan fingerprint density at radius 2 is 2.12 bits per heavy atom. The van der Waals surface area contributed by atoms with Crippen molar-refractivity contribution in [1.82, 2.24) is 0 Å². The summed E-state index contributed by atoms with van der Waals surface area (Å²) in [5.74, 6) is 0.0972. The summed E-state index contributed by atoms with van der Waals surface area (Å²) in [6.07, 6.45) is 2.88. The average molecular weight is 233 g/mol. The summed E-state index contributed by atoms with van der Waals surface area (Å²) < 4.78 is 0. The second-order valence-electron chi connectivity index (χ2n) is 4.95. The second kappa shape index (κ2) is 4.78. The summed E-state index contributed by atoms with van der Waals surface area (Å²) in [6.45, 7) is 2.15. The molecule has 1 aliphatic rings. The molecule has 92 valence electrons. The van der Waals surface area contributed by atoms with Gasteiger partial charge in [0.1, 0.15) is 0 Å². The Morgan fingerprint density at radius 3 is 2.59 bits per heavy atom. The van der Waals surface area contributed by atoms with Gasteiger partial charge in [0.25, 0.3) is 0 Å². The van der Waals surface area contributed by atoms with Crippen LogP contribution >= 0.6 is 0 Å². The molecule has 0 heterocycles. The van der Waals surface area contributed by atoms with Crippen LogP contribution in [0.5, 0.6) is 0 Å². The fraction of sp³-hybridized carbons (Fsp3) is 0.500. The fourth-order valence-corrected chi connectivity index (χ4v) is 2.48. The average Bonchev–Trinajstić information content (AvgIpc) is 3.07. The number of rotatable bonds is 5. The Labute approximate surface area is 102 Å². The molecule has 0 aromatic heterocycles. The first-order valence-electron chi connectivity index (χ1n) is 6.20. The summed E-state index contributed by atoms with van der Waals surface area (Å²) in [5, 5.41) is 8.90. The van der Waals surface area contributed by atoms with Crippen LogP contribution in [-0.4, -0.2) is 11.1 Å². The van der Waals surface area contributed by atoms with Gasteiger partial charge < -0.3 is 10.8 Å². The molecule has 0 spiro atoms. The van der Waals surface area contributed by atoms with Gasteiger partial charge in [-0.3, -0.25) is 4.79 Å². The number of carboxylic acid groups (broad SMARTS) is 1. The van der Waals surface area contributed by atoms with Crippen molar-refractivity contribution in [2.75, 3.05) is 5.73 Å². The minimum Gasteiger partial charge on any atom is -0.481 e. The lowest BCUT2D eigenvalue weighted by Gasteiger charge is -2.15. The van der Waals surface area contributed by atoms with E-state index in [0.717, 1.165) is 24.9 Å². The van der Waals surface area contributed by atoms with Crippen LogP contribution in [0.2, 0.25) is 0 Å². The molecule has 0 aliphatic heterocycles. The van der Waals surface area contributed by atoms with Crippen LogP contribution in [0.3, 0.4) is 0 Å². The molecular formula is C14H19NO2. The number of hydrogen-bond donors (Lipinski definition) is 2. The molecule has 0 bridgehead atoms. The minimum atomic E-state index is -0.637. The van der Waals surface area contributed by atoms with Crippen molar-refractivity contribution in [2.24, 2.45) is 11.8 Å². The highest BCUT2D eigenvalue weighted by Gasteiger charge is 2.43. The lowest BCUT2D eigenvalue weighted by molar-refractivity contribution is -0.138. The SMILES string of the molecule is CCC(CC1CC1C(=O)O)c1ccc(N)cc1. The van der Waals surface area contributed by atoms with Gasteiger partial charge in [-0.25, -0.2) is 0 Å². The smallest absolute Gasteiger partial charge is 0.306 e. The molecule has 3 nitrogen and oxygen atoms in total. The van der Waals surface area contributed by atoms with E-state index in [1.54, 1.807) is 0 Å². The zero-order chi connectivity index (χ0) is 12.4. The maximum Gasteiger partial charge on any atom is 0.306 e. The van der Waals surface area contributed by atoms with Crippen LogP contribution in [-0.2, 0) is 4.79 Å². The highest BCUT2D eigenvalue weighted by molar-refractivity contribution is 5.73. The minimum absolute atomic E-state index is 0.0992. The molecule has 17 heavy (non-hydrogen) atoms. The van der Waals surface area contributed by atoms with Gasteiger partial charge in [0.05, 0.1) is 5.92 Å². The van der Waals surface area contributed by atoms with Crippen LogP contribution in [0.25, 0.3) is 0 Å². The van der Waals surface area contributed by atoms with Crippen molar-refractivity contribution in [3.05, 3.63) is 29.8 Å². The van der Waals surface area contributed by atoms with E-state index in [4.69, 9.17) is 10.8 Å². The fourth-order valence-electron chi connectivity index (χ4n) is 2.48. The molecule has 0 radical (unpaired) electrons. The summed E-state index contributed by atoms with van der Waals surface area (Å²) >= 11 is 0. The molecule has 3 heteroatoms. The predicted octanol–water partition coefficient (Wildman–Crippen LogP) is 2.87. The first kappa shape index (κ1) is 12.0. The van der Waals surface area contributed by atoms with Crippen LogP contribution in [0.15, 0.2) is 24.3 Å². The number of hydrogen-bond acceptors (Lipinski definition) is 2. The van der Waals surface area contributed by atoms with Gasteiger partial charge >= 0.3 is 5.97 Å². The molecule has 3 N–H and O–H groups in total. The van der Waals surface area contributed by atoms with Gasteiger partial charge in [0, 0.05) is 5.69 Å². The summed E-state index contributed by atoms with van der Waals surface area (Å²) in [7, 11) is 0. The van der Waals surface area contributed by atoms with Crippen molar-refractivity contribution >= 4 is 11.7 Å². The number of benzene rings is 1. The molecule has 1 aliphatic carbocycles. The standard InChI is InChI=1S/C14H19NO2/c1-2-9(7-11-8-13(11)14(16)17)10-3-5-12(15)6-4-10/h3-6,9,11,13H,2,7-8,15H2,1H3,(H,16,17). The molecule has 2 rings (SSSR count). The summed E-state index contributed by atoms with van der Waals surface area (Å²) in [5.41, 5.74) is 7.72. The highest BCUT2D eigenvalue weighted by Crippen LogP contribution is 2.45. The molecule has 0 saturated heterocycles. The number of anilines is 1. The maximum absolute atomic E-state index is 10.8. The quantitative estimate of drug-likeness (QED) is 0.769. The lowest BCUT2D eigenvalue weighted by Crippen LogP contribution is -2.04. The lowest BCUT2D eigenvalue weighted by atomic mass is 9.90. The Balaban J connectivity index is 1.98. The maximum atomic E-state index is 10.8. The second-order valence-corrected chi connectivity index (χ2v) is 4.95. The van der Waals surface area contributed by atoms with Crippen LogP contribution < -0.4 is 5.73 Å². The normalized spacial score (nSPS) is 24.3. The van der Waals surface area contributed by atoms with Gasteiger partial charge in [-0.1, -0.05) is 19.1 Å². The molecule has 0 amide bonds. The van der Waals surface area contributed by atoms with E-state index in [2.05, 4.69) is 19.1 Å². The molecule has 1 fully saturated rings. The van der Waals surface area contributed by atoms with Crippen molar-refractivity contribution in [2.45, 2.75) is 32.1 Å². The third-order valence-electron chi connectivity index (χ3n) is 3.73. The van der Waals surface area contributed by atoms with Gasteiger partial charge in [-0.15, -0.1) is 0 Å². The van der Waals surface area contributed by atoms with Gasteiger partial charge in [0.2, 0.25) is 0 Å². The summed E-state index contributed by atoms with van der Waals surface area (Å²) in [6, 6.07) is 7.95. The molecule has 3 atom stereocenters. The molecule has 3 unspecified atom stereocenters. The number of aliphatic carboxylic acids is 1. The van der Waals surface area contributed by atoms with Crippen molar-refractivity contribution in [3.63, 3.8) is 0 Å². The number of carbonyl (C=O) groups is 1. The van der Waals surface area contributed by atoms with E-state index in [1.165, 1.54) is 5.56 Å². The first-order valence-corrected chi connectivity index (χ1v) is 6.20. The Morgan fingerprint density at radius 1 is 1.47 bits per heavy atom. The number of nitrogen functional groups attached to an aromatic ring is 1. The topological polar surface area (TPSA) is 63.3 Å². The third-order valence-corrected chi connectivity index (χ3v) is 3.73. The molecule has 1 aromatic rings. The van der Waals surface area contributed by atoms with E-state index in [0.29, 0.717) is 11.8 Å². The van der Waals surface area contributed by atoms with E-state index in [9.17, 15) is 4.79 Å². The Bertz CT molecular complexity index is 399. The highest BCUT2D eigenvalue weighted by atomic mass is 16.4. The van der Waals surface area contributed by atoms with E-state index < -0.39 is 5.97 Å². The van der Waals surface area contributed by atoms with Crippen LogP contribution in [0.1, 0.15) is 37.7 Å². The molecule has 1 saturated carbocycles. The van der Waals surface area contributed by atoms with Crippen LogP contribution in [0.4, 0.5) is 5.69 Å². The van der Waals surface area contributed by atoms with E-state index in [1.807, 2.05) is 12.1 Å². The summed E-state index contributed by atoms with van der Waals surface area (Å²) in [4.78, 5) is 10.8. The molecule has 1 aromatic carbocycles. The first-order chi connectivity index (χ1) is 8.11. The van der Waals surface area contributed by atoms with Crippen molar-refractivity contribution in [3.8, 4) is 0 Å². The number of nitrogens with two attached hydrogens (primary N) is 1. The monoisotopic (exact) mass is 233 g/mol. The Kier molecular flexibility index (Phi) is 3.36. The largest absolute Gasteiger partial charge is 0.481 e. The van der Waals surface area contributed by atoms with Gasteiger partial charge in [-0.05, 0) is 48.8 Å². The zero-order valence-electron chi connectivity index (χ0n) is 10.1. The number of carboxylic acids is 1. The van der Waals surface area contributed by atoms with Crippen molar-refractivity contribution < 1.29 is 9.90 Å². The van der Waals surface area contributed by atoms with E-state index in [-0.39, 0.29) is 5.92 Å². The zero-order valence-corrected chi connectivity index (χ0v) is 10.1. The predicted molar refractivity (Wildman–Crippen MR) is 67.7 cm³/mol. The van der Waals surface area contributed by atoms with Gasteiger partial charge in [0.15, 0.2) is 0 Å². The Hall–Kier alpha value is -1.51. The van der Waals surface area contributed by atoms with E-state index >= 15 is 0 Å². The van der Waals surface area contributed by atoms with Crippen LogP contribution in [0, 0.1) is 11.8 Å². The van der Waals surface area contributed by atoms with Crippen molar-refractivity contribution in [1.29, 1.82) is 0 Å². The van der Waals surface area contributed by atoms with Gasteiger partial charge in [-0.2, -0.15) is 0 Å². The molecular weight excluding hydrogens is 214 g/mol.